The number of benzene rings is 1. The van der Waals surface area contributed by atoms with Gasteiger partial charge in [0.15, 0.2) is 6.29 Å². The number of sulfonamides is 1. The molecule has 0 aliphatic carbocycles. The lowest BCUT2D eigenvalue weighted by atomic mass is 10.3. The second kappa shape index (κ2) is 6.76. The van der Waals surface area contributed by atoms with Crippen molar-refractivity contribution < 1.29 is 22.3 Å². The Kier molecular flexibility index (Phi) is 5.87. The van der Waals surface area contributed by atoms with E-state index in [1.165, 1.54) is 26.4 Å². The van der Waals surface area contributed by atoms with Crippen LogP contribution in [-0.4, -0.2) is 35.0 Å². The van der Waals surface area contributed by atoms with E-state index in [1.807, 2.05) is 0 Å². The number of hydrogen-bond acceptors (Lipinski definition) is 4. The molecule has 0 spiro atoms. The molecule has 1 atom stereocenters. The predicted molar refractivity (Wildman–Crippen MR) is 71.7 cm³/mol. The van der Waals surface area contributed by atoms with Crippen molar-refractivity contribution in [2.75, 3.05) is 14.2 Å². The summed E-state index contributed by atoms with van der Waals surface area (Å²) in [4.78, 5) is -0.423. The van der Waals surface area contributed by atoms with Crippen LogP contribution in [0.4, 0.5) is 4.39 Å². The Morgan fingerprint density at radius 3 is 2.37 bits per heavy atom. The molecule has 5 nitrogen and oxygen atoms in total. The van der Waals surface area contributed by atoms with Crippen LogP contribution in [0.1, 0.15) is 6.92 Å². The van der Waals surface area contributed by atoms with Crippen molar-refractivity contribution in [1.82, 2.24) is 4.72 Å². The normalized spacial score (nSPS) is 13.8. The van der Waals surface area contributed by atoms with Crippen molar-refractivity contribution in [3.05, 3.63) is 28.5 Å². The fourth-order valence-corrected chi connectivity index (χ4v) is 3.18. The Labute approximate surface area is 120 Å². The van der Waals surface area contributed by atoms with E-state index in [4.69, 9.17) is 9.47 Å². The topological polar surface area (TPSA) is 64.6 Å². The zero-order valence-electron chi connectivity index (χ0n) is 10.7. The van der Waals surface area contributed by atoms with Crippen LogP contribution in [0.3, 0.4) is 0 Å². The standard InChI is InChI=1S/C11H15BrFNO4S/c1-7(11(17-2)18-3)14-19(15,16)10-5-4-8(12)6-9(10)13/h4-7,11,14H,1-3H3. The molecule has 0 bridgehead atoms. The van der Waals surface area contributed by atoms with Crippen LogP contribution in [0.15, 0.2) is 27.6 Å². The number of methoxy groups -OCH3 is 2. The molecule has 1 N–H and O–H groups in total. The highest BCUT2D eigenvalue weighted by atomic mass is 79.9. The summed E-state index contributed by atoms with van der Waals surface area (Å²) in [5.74, 6) is -0.833. The number of hydrogen-bond donors (Lipinski definition) is 1. The molecule has 0 radical (unpaired) electrons. The predicted octanol–water partition coefficient (Wildman–Crippen LogP) is 1.87. The third kappa shape index (κ3) is 4.22. The maximum Gasteiger partial charge on any atom is 0.243 e. The third-order valence-electron chi connectivity index (χ3n) is 2.40. The van der Waals surface area contributed by atoms with Gasteiger partial charge in [0.25, 0.3) is 0 Å². The molecule has 0 heterocycles. The monoisotopic (exact) mass is 355 g/mol. The van der Waals surface area contributed by atoms with E-state index in [0.717, 1.165) is 6.07 Å². The summed E-state index contributed by atoms with van der Waals surface area (Å²) in [6.45, 7) is 1.56. The SMILES string of the molecule is COC(OC)C(C)NS(=O)(=O)c1ccc(Br)cc1F. The zero-order valence-corrected chi connectivity index (χ0v) is 13.1. The summed E-state index contributed by atoms with van der Waals surface area (Å²) in [5, 5.41) is 0. The molecule has 1 aromatic rings. The fraction of sp³-hybridized carbons (Fsp3) is 0.455. The third-order valence-corrected chi connectivity index (χ3v) is 4.48. The van der Waals surface area contributed by atoms with Gasteiger partial charge in [0.1, 0.15) is 10.7 Å². The molecule has 1 unspecified atom stereocenters. The molecule has 0 amide bonds. The largest absolute Gasteiger partial charge is 0.354 e. The highest BCUT2D eigenvalue weighted by molar-refractivity contribution is 9.10. The smallest absolute Gasteiger partial charge is 0.243 e. The highest BCUT2D eigenvalue weighted by Crippen LogP contribution is 2.19. The van der Waals surface area contributed by atoms with Crippen molar-refractivity contribution in [2.24, 2.45) is 0 Å². The zero-order chi connectivity index (χ0) is 14.6. The Morgan fingerprint density at radius 1 is 1.32 bits per heavy atom. The lowest BCUT2D eigenvalue weighted by molar-refractivity contribution is -0.115. The van der Waals surface area contributed by atoms with E-state index in [9.17, 15) is 12.8 Å². The molecule has 0 saturated heterocycles. The number of halogens is 2. The Bertz CT molecular complexity index is 533. The van der Waals surface area contributed by atoms with E-state index in [2.05, 4.69) is 20.7 Å². The maximum absolute atomic E-state index is 13.6. The Hall–Kier alpha value is -0.540. The molecule has 19 heavy (non-hydrogen) atoms. The summed E-state index contributed by atoms with van der Waals surface area (Å²) in [7, 11) is -1.20. The Morgan fingerprint density at radius 2 is 1.89 bits per heavy atom. The molecule has 0 saturated carbocycles. The van der Waals surface area contributed by atoms with Gasteiger partial charge in [0, 0.05) is 18.7 Å². The molecule has 0 aliphatic rings. The first-order valence-electron chi connectivity index (χ1n) is 5.34. The first kappa shape index (κ1) is 16.5. The number of nitrogens with one attached hydrogen (secondary N) is 1. The van der Waals surface area contributed by atoms with E-state index < -0.39 is 33.1 Å². The number of rotatable bonds is 6. The van der Waals surface area contributed by atoms with Gasteiger partial charge in [0.05, 0.1) is 6.04 Å². The molecular formula is C11H15BrFNO4S. The van der Waals surface area contributed by atoms with Crippen molar-refractivity contribution in [3.8, 4) is 0 Å². The summed E-state index contributed by atoms with van der Waals surface area (Å²) in [5.41, 5.74) is 0. The van der Waals surface area contributed by atoms with Gasteiger partial charge in [0.2, 0.25) is 10.0 Å². The molecule has 1 aromatic carbocycles. The van der Waals surface area contributed by atoms with Crippen molar-refractivity contribution >= 4 is 26.0 Å². The first-order chi connectivity index (χ1) is 8.81. The second-order valence-corrected chi connectivity index (χ2v) is 6.42. The molecule has 8 heteroatoms. The molecule has 1 rings (SSSR count). The van der Waals surface area contributed by atoms with Gasteiger partial charge in [-0.25, -0.2) is 17.5 Å². The van der Waals surface area contributed by atoms with Crippen LogP contribution in [0, 0.1) is 5.82 Å². The minimum Gasteiger partial charge on any atom is -0.354 e. The maximum atomic E-state index is 13.6. The molecular weight excluding hydrogens is 341 g/mol. The van der Waals surface area contributed by atoms with Crippen molar-refractivity contribution in [1.29, 1.82) is 0 Å². The minimum atomic E-state index is -3.98. The van der Waals surface area contributed by atoms with Crippen LogP contribution in [0.5, 0.6) is 0 Å². The van der Waals surface area contributed by atoms with E-state index >= 15 is 0 Å². The van der Waals surface area contributed by atoms with Crippen LogP contribution in [0.2, 0.25) is 0 Å². The van der Waals surface area contributed by atoms with Gasteiger partial charge in [-0.2, -0.15) is 0 Å². The summed E-state index contributed by atoms with van der Waals surface area (Å²) >= 11 is 3.06. The molecule has 108 valence electrons. The van der Waals surface area contributed by atoms with Gasteiger partial charge in [-0.15, -0.1) is 0 Å². The highest BCUT2D eigenvalue weighted by Gasteiger charge is 2.25. The van der Waals surface area contributed by atoms with Gasteiger partial charge in [-0.05, 0) is 25.1 Å². The lowest BCUT2D eigenvalue weighted by Gasteiger charge is -2.22. The average molecular weight is 356 g/mol. The number of ether oxygens (including phenoxy) is 2. The molecule has 0 fully saturated rings. The van der Waals surface area contributed by atoms with E-state index in [-0.39, 0.29) is 0 Å². The van der Waals surface area contributed by atoms with Crippen LogP contribution < -0.4 is 4.72 Å². The van der Waals surface area contributed by atoms with E-state index in [0.29, 0.717) is 4.47 Å². The van der Waals surface area contributed by atoms with Crippen LogP contribution in [-0.2, 0) is 19.5 Å². The van der Waals surface area contributed by atoms with Gasteiger partial charge in [-0.1, -0.05) is 15.9 Å². The molecule has 0 aromatic heterocycles. The first-order valence-corrected chi connectivity index (χ1v) is 7.62. The average Bonchev–Trinajstić information content (AvgIpc) is 2.29. The van der Waals surface area contributed by atoms with Crippen molar-refractivity contribution in [3.63, 3.8) is 0 Å². The summed E-state index contributed by atoms with van der Waals surface area (Å²) in [6.07, 6.45) is -0.756. The summed E-state index contributed by atoms with van der Waals surface area (Å²) in [6, 6.07) is 3.06. The lowest BCUT2D eigenvalue weighted by Crippen LogP contribution is -2.43. The quantitative estimate of drug-likeness (QED) is 0.791. The second-order valence-electron chi connectivity index (χ2n) is 3.82. The van der Waals surface area contributed by atoms with Gasteiger partial charge >= 0.3 is 0 Å². The van der Waals surface area contributed by atoms with Crippen LogP contribution in [0.25, 0.3) is 0 Å². The van der Waals surface area contributed by atoms with Crippen molar-refractivity contribution in [2.45, 2.75) is 24.2 Å². The molecule has 0 aliphatic heterocycles. The van der Waals surface area contributed by atoms with Gasteiger partial charge in [-0.3, -0.25) is 0 Å². The van der Waals surface area contributed by atoms with E-state index in [1.54, 1.807) is 6.92 Å². The van der Waals surface area contributed by atoms with Crippen LogP contribution >= 0.6 is 15.9 Å². The Balaban J connectivity index is 2.98. The summed E-state index contributed by atoms with van der Waals surface area (Å²) < 4.78 is 50.4. The minimum absolute atomic E-state index is 0.423. The van der Waals surface area contributed by atoms with Gasteiger partial charge < -0.3 is 9.47 Å². The fourth-order valence-electron chi connectivity index (χ4n) is 1.56.